The van der Waals surface area contributed by atoms with Gasteiger partial charge in [-0.05, 0) is 36.4 Å². The standard InChI is InChI=1S/C20H13F4N3O4/c1-30-19(29)13-8-11(2-4-16(13)31-20(22,23)24)18(28)27-17-5-3-12(9-26-17)14-10-25-7-6-15(14)21/h2-10H,1H3,(H,26,27,28). The Balaban J connectivity index is 1.81. The van der Waals surface area contributed by atoms with Crippen LogP contribution < -0.4 is 10.1 Å². The molecule has 160 valence electrons. The van der Waals surface area contributed by atoms with E-state index in [2.05, 4.69) is 24.8 Å². The number of methoxy groups -OCH3 is 1. The van der Waals surface area contributed by atoms with Crippen molar-refractivity contribution in [2.75, 3.05) is 12.4 Å². The molecule has 3 rings (SSSR count). The van der Waals surface area contributed by atoms with Crippen molar-refractivity contribution < 1.29 is 36.6 Å². The molecule has 1 N–H and O–H groups in total. The molecule has 0 aliphatic carbocycles. The Morgan fingerprint density at radius 2 is 1.84 bits per heavy atom. The summed E-state index contributed by atoms with van der Waals surface area (Å²) in [5, 5.41) is 2.43. The normalized spacial score (nSPS) is 11.0. The molecule has 3 aromatic rings. The van der Waals surface area contributed by atoms with Crippen molar-refractivity contribution in [2.24, 2.45) is 0 Å². The van der Waals surface area contributed by atoms with E-state index in [1.54, 1.807) is 0 Å². The van der Waals surface area contributed by atoms with Gasteiger partial charge in [-0.25, -0.2) is 14.2 Å². The molecule has 0 saturated carbocycles. The van der Waals surface area contributed by atoms with E-state index in [0.29, 0.717) is 5.56 Å². The third-order valence-electron chi connectivity index (χ3n) is 3.96. The van der Waals surface area contributed by atoms with Crippen LogP contribution in [0.1, 0.15) is 20.7 Å². The van der Waals surface area contributed by atoms with Gasteiger partial charge >= 0.3 is 12.3 Å². The lowest BCUT2D eigenvalue weighted by atomic mass is 10.1. The van der Waals surface area contributed by atoms with Gasteiger partial charge in [0, 0.05) is 35.3 Å². The molecule has 0 spiro atoms. The summed E-state index contributed by atoms with van der Waals surface area (Å²) in [6.07, 6.45) is -1.10. The second kappa shape index (κ2) is 8.78. The lowest BCUT2D eigenvalue weighted by Gasteiger charge is -2.13. The highest BCUT2D eigenvalue weighted by atomic mass is 19.4. The predicted molar refractivity (Wildman–Crippen MR) is 99.8 cm³/mol. The van der Waals surface area contributed by atoms with E-state index >= 15 is 0 Å². The minimum atomic E-state index is -5.04. The number of carbonyl (C=O) groups is 2. The highest BCUT2D eigenvalue weighted by Gasteiger charge is 2.33. The Bertz CT molecular complexity index is 1120. The number of benzene rings is 1. The summed E-state index contributed by atoms with van der Waals surface area (Å²) >= 11 is 0. The third-order valence-corrected chi connectivity index (χ3v) is 3.96. The van der Waals surface area contributed by atoms with Crippen LogP contribution in [0.2, 0.25) is 0 Å². The summed E-state index contributed by atoms with van der Waals surface area (Å²) < 4.78 is 59.6. The van der Waals surface area contributed by atoms with Gasteiger partial charge in [0.05, 0.1) is 7.11 Å². The maximum Gasteiger partial charge on any atom is 0.573 e. The summed E-state index contributed by atoms with van der Waals surface area (Å²) in [5.41, 5.74) is -0.0805. The number of alkyl halides is 3. The van der Waals surface area contributed by atoms with Crippen LogP contribution in [0.4, 0.5) is 23.4 Å². The number of nitrogens with one attached hydrogen (secondary N) is 1. The van der Waals surface area contributed by atoms with Crippen molar-refractivity contribution >= 4 is 17.7 Å². The van der Waals surface area contributed by atoms with Crippen LogP contribution in [0, 0.1) is 5.82 Å². The smallest absolute Gasteiger partial charge is 0.465 e. The number of anilines is 1. The minimum Gasteiger partial charge on any atom is -0.465 e. The quantitative estimate of drug-likeness (QED) is 0.477. The number of hydrogen-bond donors (Lipinski definition) is 1. The van der Waals surface area contributed by atoms with E-state index in [1.807, 2.05) is 0 Å². The first-order valence-corrected chi connectivity index (χ1v) is 8.53. The Hall–Kier alpha value is -4.02. The van der Waals surface area contributed by atoms with Crippen molar-refractivity contribution in [3.63, 3.8) is 0 Å². The molecule has 0 aliphatic rings. The molecule has 0 bridgehead atoms. The molecule has 0 aliphatic heterocycles. The molecule has 11 heteroatoms. The van der Waals surface area contributed by atoms with E-state index in [0.717, 1.165) is 25.3 Å². The number of esters is 1. The Morgan fingerprint density at radius 3 is 2.45 bits per heavy atom. The first-order valence-electron chi connectivity index (χ1n) is 8.53. The van der Waals surface area contributed by atoms with Crippen LogP contribution in [0.5, 0.6) is 5.75 Å². The highest BCUT2D eigenvalue weighted by molar-refractivity contribution is 6.05. The zero-order chi connectivity index (χ0) is 22.6. The molecular weight excluding hydrogens is 422 g/mol. The van der Waals surface area contributed by atoms with Crippen molar-refractivity contribution in [1.82, 2.24) is 9.97 Å². The number of aromatic nitrogens is 2. The summed E-state index contributed by atoms with van der Waals surface area (Å²) in [4.78, 5) is 32.1. The number of ether oxygens (including phenoxy) is 2. The van der Waals surface area contributed by atoms with E-state index in [4.69, 9.17) is 0 Å². The molecule has 2 aromatic heterocycles. The molecule has 0 atom stereocenters. The second-order valence-corrected chi connectivity index (χ2v) is 5.99. The lowest BCUT2D eigenvalue weighted by molar-refractivity contribution is -0.274. The topological polar surface area (TPSA) is 90.4 Å². The Kier molecular flexibility index (Phi) is 6.14. The van der Waals surface area contributed by atoms with Gasteiger partial charge in [0.1, 0.15) is 22.9 Å². The van der Waals surface area contributed by atoms with Gasteiger partial charge in [0.15, 0.2) is 0 Å². The van der Waals surface area contributed by atoms with Crippen molar-refractivity contribution in [3.8, 4) is 16.9 Å². The van der Waals surface area contributed by atoms with Crippen LogP contribution in [-0.2, 0) is 4.74 Å². The number of nitrogens with zero attached hydrogens (tertiary/aromatic N) is 2. The zero-order valence-corrected chi connectivity index (χ0v) is 15.7. The number of amides is 1. The second-order valence-electron chi connectivity index (χ2n) is 5.99. The molecule has 2 heterocycles. The van der Waals surface area contributed by atoms with Gasteiger partial charge in [0.2, 0.25) is 0 Å². The minimum absolute atomic E-state index is 0.0910. The van der Waals surface area contributed by atoms with E-state index in [-0.39, 0.29) is 16.9 Å². The fourth-order valence-corrected chi connectivity index (χ4v) is 2.56. The largest absolute Gasteiger partial charge is 0.573 e. The maximum atomic E-state index is 13.8. The molecule has 1 aromatic carbocycles. The van der Waals surface area contributed by atoms with Gasteiger partial charge in [0.25, 0.3) is 5.91 Å². The van der Waals surface area contributed by atoms with Crippen molar-refractivity contribution in [1.29, 1.82) is 0 Å². The molecule has 7 nitrogen and oxygen atoms in total. The predicted octanol–water partition coefficient (Wildman–Crippen LogP) is 4.22. The third kappa shape index (κ3) is 5.32. The van der Waals surface area contributed by atoms with Crippen LogP contribution >= 0.6 is 0 Å². The first-order chi connectivity index (χ1) is 14.7. The average Bonchev–Trinajstić information content (AvgIpc) is 2.73. The summed E-state index contributed by atoms with van der Waals surface area (Å²) in [7, 11) is 0.975. The lowest BCUT2D eigenvalue weighted by Crippen LogP contribution is -2.20. The number of rotatable bonds is 5. The Morgan fingerprint density at radius 1 is 1.06 bits per heavy atom. The number of carbonyl (C=O) groups excluding carboxylic acids is 2. The summed E-state index contributed by atoms with van der Waals surface area (Å²) in [5.74, 6) is -3.08. The number of halogens is 4. The van der Waals surface area contributed by atoms with Gasteiger partial charge < -0.3 is 14.8 Å². The van der Waals surface area contributed by atoms with E-state index in [1.165, 1.54) is 36.8 Å². The molecule has 0 saturated heterocycles. The summed E-state index contributed by atoms with van der Waals surface area (Å²) in [6, 6.07) is 6.88. The summed E-state index contributed by atoms with van der Waals surface area (Å²) in [6.45, 7) is 0. The molecular formula is C20H13F4N3O4. The molecule has 0 fully saturated rings. The zero-order valence-electron chi connectivity index (χ0n) is 15.7. The van der Waals surface area contributed by atoms with E-state index < -0.39 is 35.4 Å². The fourth-order valence-electron chi connectivity index (χ4n) is 2.56. The first kappa shape index (κ1) is 21.7. The Labute approximate surface area is 172 Å². The van der Waals surface area contributed by atoms with Gasteiger partial charge in [-0.3, -0.25) is 9.78 Å². The van der Waals surface area contributed by atoms with Crippen LogP contribution in [0.25, 0.3) is 11.1 Å². The molecule has 1 amide bonds. The molecule has 31 heavy (non-hydrogen) atoms. The molecule has 0 unspecified atom stereocenters. The van der Waals surface area contributed by atoms with E-state index in [9.17, 15) is 27.2 Å². The van der Waals surface area contributed by atoms with Gasteiger partial charge in [-0.15, -0.1) is 13.2 Å². The SMILES string of the molecule is COC(=O)c1cc(C(=O)Nc2ccc(-c3cnccc3F)cn2)ccc1OC(F)(F)F. The van der Waals surface area contributed by atoms with Crippen molar-refractivity contribution in [3.05, 3.63) is 71.9 Å². The maximum absolute atomic E-state index is 13.8. The van der Waals surface area contributed by atoms with Crippen molar-refractivity contribution in [2.45, 2.75) is 6.36 Å². The fraction of sp³-hybridized carbons (Fsp3) is 0.100. The van der Waals surface area contributed by atoms with Gasteiger partial charge in [-0.1, -0.05) is 0 Å². The van der Waals surface area contributed by atoms with Crippen LogP contribution in [-0.4, -0.2) is 35.3 Å². The number of hydrogen-bond acceptors (Lipinski definition) is 6. The highest BCUT2D eigenvalue weighted by Crippen LogP contribution is 2.28. The van der Waals surface area contributed by atoms with Crippen LogP contribution in [0.15, 0.2) is 55.0 Å². The average molecular weight is 435 g/mol. The monoisotopic (exact) mass is 435 g/mol. The van der Waals surface area contributed by atoms with Gasteiger partial charge in [-0.2, -0.15) is 0 Å². The number of pyridine rings is 2. The molecule has 0 radical (unpaired) electrons. The van der Waals surface area contributed by atoms with Crippen LogP contribution in [0.3, 0.4) is 0 Å².